The van der Waals surface area contributed by atoms with Crippen molar-refractivity contribution in [1.29, 1.82) is 0 Å². The smallest absolute Gasteiger partial charge is 0.122 e. The molecule has 1 aromatic heterocycles. The summed E-state index contributed by atoms with van der Waals surface area (Å²) in [4.78, 5) is 0. The number of aromatic hydroxyl groups is 4. The minimum atomic E-state index is -0.454. The van der Waals surface area contributed by atoms with E-state index in [0.717, 1.165) is 98.1 Å². The molecule has 1 heterocycles. The van der Waals surface area contributed by atoms with Gasteiger partial charge < -0.3 is 20.4 Å². The number of benzene rings is 6. The first-order valence-electron chi connectivity index (χ1n) is 17.4. The van der Waals surface area contributed by atoms with Crippen molar-refractivity contribution >= 4 is 31.5 Å². The minimum Gasteiger partial charge on any atom is -0.507 e. The molecule has 0 bridgehead atoms. The van der Waals surface area contributed by atoms with E-state index in [1.165, 1.54) is 0 Å². The second-order valence-corrected chi connectivity index (χ2v) is 15.5. The Morgan fingerprint density at radius 3 is 0.922 bits per heavy atom. The largest absolute Gasteiger partial charge is 0.507 e. The predicted molar refractivity (Wildman–Crippen MR) is 212 cm³/mol. The lowest BCUT2D eigenvalue weighted by Gasteiger charge is -2.24. The number of hydrogen-bond acceptors (Lipinski definition) is 5. The van der Waals surface area contributed by atoms with Gasteiger partial charge >= 0.3 is 0 Å². The fourth-order valence-corrected chi connectivity index (χ4v) is 9.56. The molecule has 5 heteroatoms. The van der Waals surface area contributed by atoms with Crippen LogP contribution < -0.4 is 0 Å². The first kappa shape index (κ1) is 34.2. The molecule has 51 heavy (non-hydrogen) atoms. The monoisotopic (exact) mass is 692 g/mol. The van der Waals surface area contributed by atoms with Gasteiger partial charge in [-0.1, -0.05) is 107 Å². The molecule has 0 aliphatic carbocycles. The van der Waals surface area contributed by atoms with E-state index in [1.54, 1.807) is 11.3 Å². The second kappa shape index (κ2) is 12.8. The van der Waals surface area contributed by atoms with Gasteiger partial charge in [-0.2, -0.15) is 0 Å². The van der Waals surface area contributed by atoms with Crippen molar-refractivity contribution in [2.75, 3.05) is 0 Å². The summed E-state index contributed by atoms with van der Waals surface area (Å²) in [5.74, 6) is -0.0234. The summed E-state index contributed by atoms with van der Waals surface area (Å²) in [6.45, 7) is 15.8. The molecular weight excluding hydrogens is 649 g/mol. The summed E-state index contributed by atoms with van der Waals surface area (Å²) in [7, 11) is 0. The van der Waals surface area contributed by atoms with Crippen LogP contribution in [0.2, 0.25) is 0 Å². The SMILES string of the molecule is Cc1cc(C)c(O)c(C(c2cc(C)cc(C)c2O)c2cccc3c2sc2c(C(c4cc(C)cc(C)c4O)c4cc(C)cc(C)c4O)cccc23)c1. The van der Waals surface area contributed by atoms with E-state index < -0.39 is 11.8 Å². The molecule has 0 unspecified atom stereocenters. The zero-order valence-corrected chi connectivity index (χ0v) is 31.3. The van der Waals surface area contributed by atoms with E-state index in [1.807, 2.05) is 104 Å². The molecule has 0 radical (unpaired) electrons. The van der Waals surface area contributed by atoms with Crippen LogP contribution in [0.5, 0.6) is 23.0 Å². The highest BCUT2D eigenvalue weighted by Gasteiger charge is 2.30. The molecule has 0 aliphatic rings. The molecular formula is C46H44O4S. The standard InChI is InChI=1S/C46H44O4S/c1-23-15-27(5)41(47)35(19-23)39(36-20-24(2)16-28(6)42(36)48)33-13-9-11-31-32-12-10-14-34(46(32)51-45(31)33)40(37-21-25(3)17-29(7)43(37)49)38-22-26(4)18-30(8)44(38)50/h9-22,39-40,47-50H,1-8H3. The van der Waals surface area contributed by atoms with Crippen molar-refractivity contribution in [3.05, 3.63) is 163 Å². The molecule has 7 aromatic rings. The van der Waals surface area contributed by atoms with E-state index in [2.05, 4.69) is 36.4 Å². The molecule has 0 atom stereocenters. The summed E-state index contributed by atoms with van der Waals surface area (Å²) < 4.78 is 2.10. The lowest BCUT2D eigenvalue weighted by atomic mass is 9.80. The maximum absolute atomic E-state index is 11.6. The third-order valence-corrected chi connectivity index (χ3v) is 11.7. The average Bonchev–Trinajstić information content (AvgIpc) is 3.46. The molecule has 4 N–H and O–H groups in total. The third kappa shape index (κ3) is 5.80. The maximum Gasteiger partial charge on any atom is 0.122 e. The maximum atomic E-state index is 11.6. The first-order valence-corrected chi connectivity index (χ1v) is 18.2. The van der Waals surface area contributed by atoms with Crippen molar-refractivity contribution in [2.45, 2.75) is 67.2 Å². The fraction of sp³-hybridized carbons (Fsp3) is 0.217. The van der Waals surface area contributed by atoms with Gasteiger partial charge in [0.1, 0.15) is 23.0 Å². The lowest BCUT2D eigenvalue weighted by Crippen LogP contribution is -2.07. The molecule has 0 fully saturated rings. The Balaban J connectivity index is 1.58. The molecule has 6 aromatic carbocycles. The van der Waals surface area contributed by atoms with Gasteiger partial charge in [0, 0.05) is 54.3 Å². The van der Waals surface area contributed by atoms with Crippen molar-refractivity contribution < 1.29 is 20.4 Å². The molecule has 0 amide bonds. The summed E-state index contributed by atoms with van der Waals surface area (Å²) in [5, 5.41) is 48.7. The number of thiophene rings is 1. The Morgan fingerprint density at radius 1 is 0.373 bits per heavy atom. The van der Waals surface area contributed by atoms with Crippen LogP contribution in [0.25, 0.3) is 20.2 Å². The Kier molecular flexibility index (Phi) is 8.59. The van der Waals surface area contributed by atoms with Gasteiger partial charge in [0.15, 0.2) is 0 Å². The third-order valence-electron chi connectivity index (χ3n) is 10.3. The van der Waals surface area contributed by atoms with E-state index >= 15 is 0 Å². The van der Waals surface area contributed by atoms with Gasteiger partial charge in [-0.15, -0.1) is 11.3 Å². The summed E-state index contributed by atoms with van der Waals surface area (Å²) in [5.41, 5.74) is 12.2. The van der Waals surface area contributed by atoms with Crippen molar-refractivity contribution in [3.8, 4) is 23.0 Å². The fourth-order valence-electron chi connectivity index (χ4n) is 8.18. The van der Waals surface area contributed by atoms with E-state index in [-0.39, 0.29) is 23.0 Å². The highest BCUT2D eigenvalue weighted by Crippen LogP contribution is 2.51. The van der Waals surface area contributed by atoms with E-state index in [0.29, 0.717) is 0 Å². The van der Waals surface area contributed by atoms with Crippen LogP contribution >= 0.6 is 11.3 Å². The van der Waals surface area contributed by atoms with Gasteiger partial charge in [-0.25, -0.2) is 0 Å². The summed E-state index contributed by atoms with van der Waals surface area (Å²) in [6.07, 6.45) is 0. The molecule has 0 saturated carbocycles. The number of phenolic OH excluding ortho intramolecular Hbond substituents is 4. The highest BCUT2D eigenvalue weighted by molar-refractivity contribution is 7.26. The highest BCUT2D eigenvalue weighted by atomic mass is 32.1. The van der Waals surface area contributed by atoms with Crippen LogP contribution in [0.4, 0.5) is 0 Å². The Labute approximate surface area is 303 Å². The van der Waals surface area contributed by atoms with Gasteiger partial charge in [0.2, 0.25) is 0 Å². The molecule has 0 aliphatic heterocycles. The average molecular weight is 693 g/mol. The van der Waals surface area contributed by atoms with Gasteiger partial charge in [0.25, 0.3) is 0 Å². The Hall–Kier alpha value is -5.26. The number of aryl methyl sites for hydroxylation is 8. The molecule has 4 nitrogen and oxygen atoms in total. The lowest BCUT2D eigenvalue weighted by molar-refractivity contribution is 0.453. The molecule has 0 spiro atoms. The number of fused-ring (bicyclic) bond motifs is 3. The van der Waals surface area contributed by atoms with Crippen LogP contribution in [0.1, 0.15) is 89.7 Å². The summed E-state index contributed by atoms with van der Waals surface area (Å²) in [6, 6.07) is 28.7. The van der Waals surface area contributed by atoms with Crippen LogP contribution in [-0.2, 0) is 0 Å². The molecule has 7 rings (SSSR count). The Morgan fingerprint density at radius 2 is 0.647 bits per heavy atom. The van der Waals surface area contributed by atoms with Crippen LogP contribution in [0.3, 0.4) is 0 Å². The van der Waals surface area contributed by atoms with Gasteiger partial charge in [0.05, 0.1) is 0 Å². The number of rotatable bonds is 6. The van der Waals surface area contributed by atoms with Crippen molar-refractivity contribution in [2.24, 2.45) is 0 Å². The quantitative estimate of drug-likeness (QED) is 0.131. The number of hydrogen-bond donors (Lipinski definition) is 4. The summed E-state index contributed by atoms with van der Waals surface area (Å²) >= 11 is 1.68. The molecule has 0 saturated heterocycles. The zero-order valence-electron chi connectivity index (χ0n) is 30.4. The van der Waals surface area contributed by atoms with E-state index in [4.69, 9.17) is 0 Å². The normalized spacial score (nSPS) is 11.8. The van der Waals surface area contributed by atoms with E-state index in [9.17, 15) is 20.4 Å². The Bertz CT molecular complexity index is 2230. The van der Waals surface area contributed by atoms with Crippen LogP contribution in [0, 0.1) is 55.4 Å². The van der Waals surface area contributed by atoms with Crippen molar-refractivity contribution in [3.63, 3.8) is 0 Å². The number of phenols is 4. The second-order valence-electron chi connectivity index (χ2n) is 14.5. The van der Waals surface area contributed by atoms with Crippen LogP contribution in [0.15, 0.2) is 84.9 Å². The predicted octanol–water partition coefficient (Wildman–Crippen LogP) is 11.7. The minimum absolute atomic E-state index is 0.221. The van der Waals surface area contributed by atoms with Gasteiger partial charge in [-0.3, -0.25) is 0 Å². The van der Waals surface area contributed by atoms with Gasteiger partial charge in [-0.05, 0) is 88.8 Å². The molecule has 258 valence electrons. The van der Waals surface area contributed by atoms with Crippen LogP contribution in [-0.4, -0.2) is 20.4 Å². The first-order chi connectivity index (χ1) is 24.2. The zero-order chi connectivity index (χ0) is 36.5. The van der Waals surface area contributed by atoms with Crippen molar-refractivity contribution in [1.82, 2.24) is 0 Å². The topological polar surface area (TPSA) is 80.9 Å².